The van der Waals surface area contributed by atoms with Gasteiger partial charge in [-0.3, -0.25) is 0 Å². The second-order valence-corrected chi connectivity index (χ2v) is 5.89. The van der Waals surface area contributed by atoms with Crippen molar-refractivity contribution in [3.05, 3.63) is 0 Å². The van der Waals surface area contributed by atoms with E-state index in [9.17, 15) is 8.42 Å². The van der Waals surface area contributed by atoms with Gasteiger partial charge in [0.15, 0.2) is 0 Å². The Kier molecular flexibility index (Phi) is 6.33. The van der Waals surface area contributed by atoms with Crippen molar-refractivity contribution < 1.29 is 8.42 Å². The fourth-order valence-electron chi connectivity index (χ4n) is 1.43. The Hall–Kier alpha value is -0.0900. The van der Waals surface area contributed by atoms with E-state index in [0.717, 1.165) is 25.8 Å². The molecule has 1 atom stereocenters. The van der Waals surface area contributed by atoms with Gasteiger partial charge in [0, 0.05) is 6.26 Å². The second-order valence-electron chi connectivity index (χ2n) is 3.63. The number of nitrogens with one attached hydrogen (secondary N) is 1. The molecule has 0 saturated carbocycles. The highest BCUT2D eigenvalue weighted by Crippen LogP contribution is 2.10. The Labute approximate surface area is 81.8 Å². The van der Waals surface area contributed by atoms with Crippen molar-refractivity contribution in [3.8, 4) is 0 Å². The van der Waals surface area contributed by atoms with Crippen LogP contribution in [0.15, 0.2) is 0 Å². The summed E-state index contributed by atoms with van der Waals surface area (Å²) in [5.41, 5.74) is 0. The fraction of sp³-hybridized carbons (Fsp3) is 1.00. The summed E-state index contributed by atoms with van der Waals surface area (Å²) in [4.78, 5) is 0. The lowest BCUT2D eigenvalue weighted by Gasteiger charge is -2.14. The van der Waals surface area contributed by atoms with Crippen molar-refractivity contribution in [2.24, 2.45) is 5.92 Å². The van der Waals surface area contributed by atoms with Crippen molar-refractivity contribution in [2.75, 3.05) is 25.6 Å². The van der Waals surface area contributed by atoms with E-state index in [4.69, 9.17) is 0 Å². The molecule has 0 bridgehead atoms. The van der Waals surface area contributed by atoms with Crippen LogP contribution in [0.3, 0.4) is 0 Å². The average molecular weight is 207 g/mol. The van der Waals surface area contributed by atoms with Crippen molar-refractivity contribution in [1.29, 1.82) is 0 Å². The topological polar surface area (TPSA) is 46.2 Å². The molecule has 0 aromatic carbocycles. The van der Waals surface area contributed by atoms with Gasteiger partial charge in [0.1, 0.15) is 9.84 Å². The molecule has 0 aliphatic heterocycles. The van der Waals surface area contributed by atoms with E-state index in [2.05, 4.69) is 12.2 Å². The lowest BCUT2D eigenvalue weighted by Crippen LogP contribution is -2.21. The first-order chi connectivity index (χ1) is 5.99. The van der Waals surface area contributed by atoms with Crippen LogP contribution in [-0.2, 0) is 9.84 Å². The molecular formula is C9H21NO2S. The van der Waals surface area contributed by atoms with Crippen LogP contribution in [0.2, 0.25) is 0 Å². The van der Waals surface area contributed by atoms with Gasteiger partial charge in [0.25, 0.3) is 0 Å². The summed E-state index contributed by atoms with van der Waals surface area (Å²) in [5.74, 6) is 0.823. The second kappa shape index (κ2) is 6.38. The molecule has 0 radical (unpaired) electrons. The zero-order chi connectivity index (χ0) is 10.3. The maximum atomic E-state index is 10.9. The zero-order valence-electron chi connectivity index (χ0n) is 8.84. The molecule has 0 amide bonds. The van der Waals surface area contributed by atoms with Crippen LogP contribution in [0, 0.1) is 5.92 Å². The minimum Gasteiger partial charge on any atom is -0.319 e. The molecule has 80 valence electrons. The molecule has 0 aliphatic carbocycles. The first kappa shape index (κ1) is 12.9. The largest absolute Gasteiger partial charge is 0.319 e. The third-order valence-electron chi connectivity index (χ3n) is 2.09. The third-order valence-corrected chi connectivity index (χ3v) is 3.06. The molecular weight excluding hydrogens is 186 g/mol. The lowest BCUT2D eigenvalue weighted by atomic mass is 10.0. The first-order valence-electron chi connectivity index (χ1n) is 4.82. The van der Waals surface area contributed by atoms with Crippen molar-refractivity contribution in [3.63, 3.8) is 0 Å². The first-order valence-corrected chi connectivity index (χ1v) is 6.88. The van der Waals surface area contributed by atoms with Crippen LogP contribution < -0.4 is 5.32 Å². The van der Waals surface area contributed by atoms with E-state index in [-0.39, 0.29) is 0 Å². The number of hydrogen-bond acceptors (Lipinski definition) is 3. The van der Waals surface area contributed by atoms with E-state index in [1.54, 1.807) is 0 Å². The van der Waals surface area contributed by atoms with Crippen LogP contribution in [0.5, 0.6) is 0 Å². The van der Waals surface area contributed by atoms with Gasteiger partial charge in [-0.05, 0) is 32.4 Å². The predicted molar refractivity (Wildman–Crippen MR) is 56.7 cm³/mol. The van der Waals surface area contributed by atoms with Crippen LogP contribution in [0.4, 0.5) is 0 Å². The highest BCUT2D eigenvalue weighted by molar-refractivity contribution is 7.90. The molecule has 0 aromatic rings. The molecule has 1 unspecified atom stereocenters. The summed E-state index contributed by atoms with van der Waals surface area (Å²) < 4.78 is 21.8. The smallest absolute Gasteiger partial charge is 0.147 e. The Morgan fingerprint density at radius 1 is 1.31 bits per heavy atom. The Bertz CT molecular complexity index is 206. The summed E-state index contributed by atoms with van der Waals surface area (Å²) in [6.45, 7) is 3.05. The van der Waals surface area contributed by atoms with Crippen molar-refractivity contribution >= 4 is 9.84 Å². The molecule has 3 nitrogen and oxygen atoms in total. The SMILES string of the molecule is CCCC(CCS(C)(=O)=O)CNC. The highest BCUT2D eigenvalue weighted by atomic mass is 32.2. The van der Waals surface area contributed by atoms with Crippen LogP contribution in [0.25, 0.3) is 0 Å². The fourth-order valence-corrected chi connectivity index (χ4v) is 2.19. The monoisotopic (exact) mass is 207 g/mol. The van der Waals surface area contributed by atoms with E-state index in [1.807, 2.05) is 7.05 Å². The van der Waals surface area contributed by atoms with Gasteiger partial charge in [-0.1, -0.05) is 13.3 Å². The Morgan fingerprint density at radius 2 is 1.92 bits per heavy atom. The van der Waals surface area contributed by atoms with Crippen LogP contribution in [0.1, 0.15) is 26.2 Å². The molecule has 4 heteroatoms. The van der Waals surface area contributed by atoms with E-state index in [1.165, 1.54) is 6.26 Å². The number of rotatable bonds is 7. The quantitative estimate of drug-likeness (QED) is 0.679. The Morgan fingerprint density at radius 3 is 2.31 bits per heavy atom. The molecule has 0 saturated heterocycles. The third kappa shape index (κ3) is 8.25. The zero-order valence-corrected chi connectivity index (χ0v) is 9.65. The average Bonchev–Trinajstić information content (AvgIpc) is 2.00. The summed E-state index contributed by atoms with van der Waals surface area (Å²) >= 11 is 0. The minimum absolute atomic E-state index is 0.319. The molecule has 1 N–H and O–H groups in total. The van der Waals surface area contributed by atoms with E-state index in [0.29, 0.717) is 11.7 Å². The van der Waals surface area contributed by atoms with Crippen molar-refractivity contribution in [1.82, 2.24) is 5.32 Å². The Balaban J connectivity index is 3.81. The summed E-state index contributed by atoms with van der Waals surface area (Å²) in [5, 5.41) is 3.09. The van der Waals surface area contributed by atoms with Gasteiger partial charge < -0.3 is 5.32 Å². The highest BCUT2D eigenvalue weighted by Gasteiger charge is 2.10. The standard InChI is InChI=1S/C9H21NO2S/c1-4-5-9(8-10-2)6-7-13(3,11)12/h9-10H,4-8H2,1-3H3. The van der Waals surface area contributed by atoms with E-state index < -0.39 is 9.84 Å². The summed E-state index contributed by atoms with van der Waals surface area (Å²) in [7, 11) is -0.878. The number of hydrogen-bond donors (Lipinski definition) is 1. The number of sulfone groups is 1. The summed E-state index contributed by atoms with van der Waals surface area (Å²) in [6, 6.07) is 0. The molecule has 0 aromatic heterocycles. The van der Waals surface area contributed by atoms with Crippen molar-refractivity contribution in [2.45, 2.75) is 26.2 Å². The van der Waals surface area contributed by atoms with Gasteiger partial charge in [-0.15, -0.1) is 0 Å². The molecule has 0 rings (SSSR count). The van der Waals surface area contributed by atoms with Gasteiger partial charge in [0.05, 0.1) is 5.75 Å². The van der Waals surface area contributed by atoms with Gasteiger partial charge in [-0.2, -0.15) is 0 Å². The molecule has 0 spiro atoms. The predicted octanol–water partition coefficient (Wildman–Crippen LogP) is 1.06. The minimum atomic E-state index is -2.78. The van der Waals surface area contributed by atoms with Gasteiger partial charge in [-0.25, -0.2) is 8.42 Å². The summed E-state index contributed by atoms with van der Waals surface area (Å²) in [6.07, 6.45) is 4.31. The lowest BCUT2D eigenvalue weighted by molar-refractivity contribution is 0.444. The normalized spacial score (nSPS) is 14.4. The molecule has 0 heterocycles. The molecule has 0 aliphatic rings. The molecule has 0 fully saturated rings. The van der Waals surface area contributed by atoms with E-state index >= 15 is 0 Å². The van der Waals surface area contributed by atoms with Crippen LogP contribution >= 0.6 is 0 Å². The van der Waals surface area contributed by atoms with Gasteiger partial charge >= 0.3 is 0 Å². The maximum Gasteiger partial charge on any atom is 0.147 e. The van der Waals surface area contributed by atoms with Gasteiger partial charge in [0.2, 0.25) is 0 Å². The maximum absolute atomic E-state index is 10.9. The molecule has 13 heavy (non-hydrogen) atoms. The van der Waals surface area contributed by atoms with Crippen LogP contribution in [-0.4, -0.2) is 34.0 Å².